The van der Waals surface area contributed by atoms with E-state index in [4.69, 9.17) is 0 Å². The minimum absolute atomic E-state index is 0.139. The number of nitro benzene ring substituents is 1. The van der Waals surface area contributed by atoms with Gasteiger partial charge in [0.05, 0.1) is 11.5 Å². The number of nitrogens with zero attached hydrogens (tertiary/aromatic N) is 1. The third-order valence-electron chi connectivity index (χ3n) is 2.48. The predicted octanol–water partition coefficient (Wildman–Crippen LogP) is 2.89. The average Bonchev–Trinajstić information content (AvgIpc) is 2.30. The Morgan fingerprint density at radius 3 is 2.58 bits per heavy atom. The molecule has 8 heteroatoms. The van der Waals surface area contributed by atoms with E-state index in [0.717, 1.165) is 0 Å². The molecule has 0 spiro atoms. The first-order valence-electron chi connectivity index (χ1n) is 5.34. The van der Waals surface area contributed by atoms with Crippen LogP contribution in [0.5, 0.6) is 0 Å². The van der Waals surface area contributed by atoms with Crippen LogP contribution in [0.25, 0.3) is 0 Å². The molecule has 0 aromatic heterocycles. The summed E-state index contributed by atoms with van der Waals surface area (Å²) in [6.45, 7) is 0.204. The summed E-state index contributed by atoms with van der Waals surface area (Å²) in [6.07, 6.45) is -3.74. The molecule has 1 rings (SSSR count). The lowest BCUT2D eigenvalue weighted by Crippen LogP contribution is -2.38. The van der Waals surface area contributed by atoms with Crippen molar-refractivity contribution in [2.45, 2.75) is 25.8 Å². The highest BCUT2D eigenvalue weighted by molar-refractivity contribution is 5.42. The number of nitro groups is 1. The van der Waals surface area contributed by atoms with Crippen LogP contribution in [0, 0.1) is 17.0 Å². The van der Waals surface area contributed by atoms with Gasteiger partial charge in [0.25, 0.3) is 5.69 Å². The van der Waals surface area contributed by atoms with Gasteiger partial charge in [-0.05, 0) is 12.5 Å². The van der Waals surface area contributed by atoms with E-state index in [1.165, 1.54) is 18.2 Å². The van der Waals surface area contributed by atoms with Crippen LogP contribution in [0.4, 0.5) is 23.2 Å². The topological polar surface area (TPSA) is 55.2 Å². The van der Waals surface area contributed by atoms with E-state index in [-0.39, 0.29) is 12.2 Å². The Morgan fingerprint density at radius 2 is 2.05 bits per heavy atom. The fraction of sp³-hybridized carbons (Fsp3) is 0.455. The number of halogens is 4. The monoisotopic (exact) mass is 280 g/mol. The number of aryl methyl sites for hydroxylation is 1. The van der Waals surface area contributed by atoms with Crippen LogP contribution >= 0.6 is 0 Å². The number of alkyl halides is 4. The first-order valence-corrected chi connectivity index (χ1v) is 5.34. The quantitative estimate of drug-likeness (QED) is 0.495. The van der Waals surface area contributed by atoms with Gasteiger partial charge in [0.2, 0.25) is 0 Å². The van der Waals surface area contributed by atoms with Crippen molar-refractivity contribution >= 4 is 5.69 Å². The van der Waals surface area contributed by atoms with Gasteiger partial charge in [-0.25, -0.2) is 8.78 Å². The number of nitrogens with one attached hydrogen (secondary N) is 1. The van der Waals surface area contributed by atoms with Crippen LogP contribution in [-0.4, -0.2) is 23.8 Å². The van der Waals surface area contributed by atoms with Crippen molar-refractivity contribution in [3.05, 3.63) is 39.4 Å². The zero-order chi connectivity index (χ0) is 14.6. The van der Waals surface area contributed by atoms with Crippen molar-refractivity contribution in [2.24, 2.45) is 0 Å². The first-order chi connectivity index (χ1) is 8.74. The lowest BCUT2D eigenvalue weighted by molar-refractivity contribution is -0.385. The third kappa shape index (κ3) is 4.16. The maximum Gasteiger partial charge on any atom is 0.319 e. The Balaban J connectivity index is 2.64. The largest absolute Gasteiger partial charge is 0.319 e. The summed E-state index contributed by atoms with van der Waals surface area (Å²) in [5.41, 5.74) is 0.675. The van der Waals surface area contributed by atoms with E-state index in [9.17, 15) is 27.7 Å². The molecular formula is C11H12F4N2O2. The second-order valence-electron chi connectivity index (χ2n) is 4.04. The van der Waals surface area contributed by atoms with E-state index in [2.05, 4.69) is 5.32 Å². The minimum atomic E-state index is -4.11. The molecule has 0 unspecified atom stereocenters. The zero-order valence-corrected chi connectivity index (χ0v) is 10.00. The summed E-state index contributed by atoms with van der Waals surface area (Å²) in [4.78, 5) is 10.1. The van der Waals surface area contributed by atoms with Crippen LogP contribution in [0.1, 0.15) is 11.1 Å². The Bertz CT molecular complexity index is 466. The van der Waals surface area contributed by atoms with Gasteiger partial charge < -0.3 is 5.32 Å². The zero-order valence-electron chi connectivity index (χ0n) is 10.00. The SMILES string of the molecule is Cc1ccc(CNCC(F)(F)C(F)F)cc1[N+](=O)[O-]. The van der Waals surface area contributed by atoms with E-state index >= 15 is 0 Å². The van der Waals surface area contributed by atoms with Gasteiger partial charge in [-0.3, -0.25) is 10.1 Å². The molecule has 0 bridgehead atoms. The van der Waals surface area contributed by atoms with Crippen LogP contribution in [0.2, 0.25) is 0 Å². The van der Waals surface area contributed by atoms with Crippen LogP contribution in [0.15, 0.2) is 18.2 Å². The molecule has 0 heterocycles. The molecule has 19 heavy (non-hydrogen) atoms. The molecule has 1 aromatic rings. The molecule has 1 N–H and O–H groups in total. The van der Waals surface area contributed by atoms with Gasteiger partial charge in [0.1, 0.15) is 0 Å². The van der Waals surface area contributed by atoms with E-state index in [1.807, 2.05) is 0 Å². The maximum atomic E-state index is 12.6. The molecule has 0 aliphatic carbocycles. The van der Waals surface area contributed by atoms with E-state index in [1.54, 1.807) is 6.92 Å². The summed E-state index contributed by atoms with van der Waals surface area (Å²) in [5, 5.41) is 12.8. The van der Waals surface area contributed by atoms with Crippen molar-refractivity contribution in [1.29, 1.82) is 0 Å². The highest BCUT2D eigenvalue weighted by atomic mass is 19.3. The lowest BCUT2D eigenvalue weighted by atomic mass is 10.1. The Hall–Kier alpha value is -1.70. The Labute approximate surface area is 106 Å². The molecule has 0 aliphatic heterocycles. The van der Waals surface area contributed by atoms with Crippen molar-refractivity contribution < 1.29 is 22.5 Å². The second-order valence-corrected chi connectivity index (χ2v) is 4.04. The highest BCUT2D eigenvalue weighted by Crippen LogP contribution is 2.22. The summed E-state index contributed by atoms with van der Waals surface area (Å²) in [5.74, 6) is -4.11. The summed E-state index contributed by atoms with van der Waals surface area (Å²) < 4.78 is 49.0. The summed E-state index contributed by atoms with van der Waals surface area (Å²) in [7, 11) is 0. The molecule has 106 valence electrons. The third-order valence-corrected chi connectivity index (χ3v) is 2.48. The van der Waals surface area contributed by atoms with Crippen molar-refractivity contribution in [3.8, 4) is 0 Å². The molecule has 0 saturated heterocycles. The molecule has 0 atom stereocenters. The molecule has 0 radical (unpaired) electrons. The first kappa shape index (κ1) is 15.4. The molecule has 0 aliphatic rings. The van der Waals surface area contributed by atoms with Crippen LogP contribution in [0.3, 0.4) is 0 Å². The Morgan fingerprint density at radius 1 is 1.42 bits per heavy atom. The predicted molar refractivity (Wildman–Crippen MR) is 60.5 cm³/mol. The number of rotatable bonds is 6. The number of hydrogen-bond acceptors (Lipinski definition) is 3. The van der Waals surface area contributed by atoms with Crippen LogP contribution in [-0.2, 0) is 6.54 Å². The molecule has 0 amide bonds. The summed E-state index contributed by atoms with van der Waals surface area (Å²) >= 11 is 0. The smallest absolute Gasteiger partial charge is 0.307 e. The van der Waals surface area contributed by atoms with Gasteiger partial charge in [0, 0.05) is 18.2 Å². The second kappa shape index (κ2) is 5.96. The average molecular weight is 280 g/mol. The van der Waals surface area contributed by atoms with Crippen molar-refractivity contribution in [1.82, 2.24) is 5.32 Å². The molecule has 4 nitrogen and oxygen atoms in total. The van der Waals surface area contributed by atoms with E-state index in [0.29, 0.717) is 11.1 Å². The van der Waals surface area contributed by atoms with Gasteiger partial charge >= 0.3 is 12.3 Å². The highest BCUT2D eigenvalue weighted by Gasteiger charge is 2.39. The number of hydrogen-bond donors (Lipinski definition) is 1. The van der Waals surface area contributed by atoms with Crippen LogP contribution < -0.4 is 5.32 Å². The van der Waals surface area contributed by atoms with Crippen molar-refractivity contribution in [2.75, 3.05) is 6.54 Å². The maximum absolute atomic E-state index is 12.6. The van der Waals surface area contributed by atoms with Crippen molar-refractivity contribution in [3.63, 3.8) is 0 Å². The lowest BCUT2D eigenvalue weighted by Gasteiger charge is -2.15. The van der Waals surface area contributed by atoms with Gasteiger partial charge in [0.15, 0.2) is 0 Å². The fourth-order valence-corrected chi connectivity index (χ4v) is 1.41. The molecular weight excluding hydrogens is 268 g/mol. The minimum Gasteiger partial charge on any atom is -0.307 e. The fourth-order valence-electron chi connectivity index (χ4n) is 1.41. The standard InChI is InChI=1S/C11H12F4N2O2/c1-7-2-3-8(4-9(7)17(18)19)5-16-6-11(14,15)10(12)13/h2-4,10,16H,5-6H2,1H3. The van der Waals surface area contributed by atoms with Gasteiger partial charge in [-0.15, -0.1) is 0 Å². The summed E-state index contributed by atoms with van der Waals surface area (Å²) in [6, 6.07) is 4.21. The van der Waals surface area contributed by atoms with E-state index < -0.39 is 23.8 Å². The molecule has 1 aromatic carbocycles. The van der Waals surface area contributed by atoms with Gasteiger partial charge in [-0.2, -0.15) is 8.78 Å². The molecule has 0 fully saturated rings. The normalized spacial score (nSPS) is 11.9. The molecule has 0 saturated carbocycles. The number of benzene rings is 1. The van der Waals surface area contributed by atoms with Gasteiger partial charge in [-0.1, -0.05) is 12.1 Å². The Kier molecular flexibility index (Phi) is 4.82.